The van der Waals surface area contributed by atoms with Gasteiger partial charge in [-0.2, -0.15) is 0 Å². The van der Waals surface area contributed by atoms with Gasteiger partial charge in [0.25, 0.3) is 0 Å². The van der Waals surface area contributed by atoms with Crippen LogP contribution in [0.25, 0.3) is 0 Å². The Morgan fingerprint density at radius 3 is 2.47 bits per heavy atom. The normalized spacial score (nSPS) is 14.9. The average Bonchev–Trinajstić information content (AvgIpc) is 2.24. The summed E-state index contributed by atoms with van der Waals surface area (Å²) in [6, 6.07) is 0.648. The summed E-state index contributed by atoms with van der Waals surface area (Å²) in [6.45, 7) is 11.7. The van der Waals surface area contributed by atoms with Gasteiger partial charge >= 0.3 is 0 Å². The number of rotatable bonds is 10. The molecule has 0 aliphatic carbocycles. The molecule has 0 rings (SSSR count). The summed E-state index contributed by atoms with van der Waals surface area (Å²) in [6.07, 6.45) is 9.88. The molecule has 0 aliphatic rings. The SMILES string of the molecule is C=CCC(CC(CC)CCCC)NCC. The zero-order valence-corrected chi connectivity index (χ0v) is 10.9. The first kappa shape index (κ1) is 14.7. The molecule has 0 spiro atoms. The quantitative estimate of drug-likeness (QED) is 0.535. The van der Waals surface area contributed by atoms with Crippen LogP contribution < -0.4 is 5.32 Å². The van der Waals surface area contributed by atoms with Crippen LogP contribution >= 0.6 is 0 Å². The van der Waals surface area contributed by atoms with Crippen molar-refractivity contribution in [2.24, 2.45) is 5.92 Å². The number of hydrogen-bond donors (Lipinski definition) is 1. The second-order valence-electron chi connectivity index (χ2n) is 4.43. The van der Waals surface area contributed by atoms with Crippen molar-refractivity contribution < 1.29 is 0 Å². The summed E-state index contributed by atoms with van der Waals surface area (Å²) in [5.74, 6) is 0.897. The van der Waals surface area contributed by atoms with E-state index in [-0.39, 0.29) is 0 Å². The van der Waals surface area contributed by atoms with Gasteiger partial charge in [0.15, 0.2) is 0 Å². The van der Waals surface area contributed by atoms with Crippen LogP contribution in [-0.4, -0.2) is 12.6 Å². The molecule has 1 nitrogen and oxygen atoms in total. The van der Waals surface area contributed by atoms with E-state index < -0.39 is 0 Å². The van der Waals surface area contributed by atoms with Crippen LogP contribution in [0.5, 0.6) is 0 Å². The Kier molecular flexibility index (Phi) is 10.0. The molecule has 0 aromatic heterocycles. The van der Waals surface area contributed by atoms with Gasteiger partial charge in [0.05, 0.1) is 0 Å². The van der Waals surface area contributed by atoms with E-state index in [1.807, 2.05) is 6.08 Å². The molecule has 0 saturated carbocycles. The summed E-state index contributed by atoms with van der Waals surface area (Å²) >= 11 is 0. The van der Waals surface area contributed by atoms with Gasteiger partial charge in [-0.1, -0.05) is 52.5 Å². The lowest BCUT2D eigenvalue weighted by Crippen LogP contribution is -2.30. The van der Waals surface area contributed by atoms with Gasteiger partial charge in [0.2, 0.25) is 0 Å². The first-order chi connectivity index (χ1) is 7.28. The second kappa shape index (κ2) is 10.2. The third-order valence-corrected chi connectivity index (χ3v) is 3.11. The molecule has 1 heteroatoms. The minimum atomic E-state index is 0.648. The van der Waals surface area contributed by atoms with Gasteiger partial charge in [-0.05, 0) is 25.3 Å². The fraction of sp³-hybridized carbons (Fsp3) is 0.857. The van der Waals surface area contributed by atoms with Gasteiger partial charge in [-0.15, -0.1) is 6.58 Å². The Balaban J connectivity index is 3.90. The fourth-order valence-corrected chi connectivity index (χ4v) is 2.14. The summed E-state index contributed by atoms with van der Waals surface area (Å²) in [5, 5.41) is 3.55. The standard InChI is InChI=1S/C14H29N/c1-5-9-11-13(7-3)12-14(10-6-2)15-8-4/h6,13-15H,2,5,7-12H2,1,3-4H3. The fourth-order valence-electron chi connectivity index (χ4n) is 2.14. The smallest absolute Gasteiger partial charge is 0.0104 e. The molecule has 15 heavy (non-hydrogen) atoms. The van der Waals surface area contributed by atoms with Gasteiger partial charge in [0, 0.05) is 6.04 Å². The van der Waals surface area contributed by atoms with Crippen molar-refractivity contribution in [3.8, 4) is 0 Å². The van der Waals surface area contributed by atoms with Gasteiger partial charge in [-0.3, -0.25) is 0 Å². The molecular formula is C14H29N. The van der Waals surface area contributed by atoms with Crippen molar-refractivity contribution in [1.29, 1.82) is 0 Å². The zero-order valence-electron chi connectivity index (χ0n) is 10.9. The molecule has 0 radical (unpaired) electrons. The highest BCUT2D eigenvalue weighted by Crippen LogP contribution is 2.19. The Hall–Kier alpha value is -0.300. The topological polar surface area (TPSA) is 12.0 Å². The van der Waals surface area contributed by atoms with Crippen LogP contribution in [-0.2, 0) is 0 Å². The predicted octanol–water partition coefficient (Wildman–Crippen LogP) is 4.15. The largest absolute Gasteiger partial charge is 0.314 e. The van der Waals surface area contributed by atoms with Crippen molar-refractivity contribution >= 4 is 0 Å². The van der Waals surface area contributed by atoms with Crippen molar-refractivity contribution in [3.63, 3.8) is 0 Å². The van der Waals surface area contributed by atoms with Crippen LogP contribution in [0.4, 0.5) is 0 Å². The average molecular weight is 211 g/mol. The minimum Gasteiger partial charge on any atom is -0.314 e. The van der Waals surface area contributed by atoms with Crippen LogP contribution in [0.1, 0.15) is 59.3 Å². The summed E-state index contributed by atoms with van der Waals surface area (Å²) in [4.78, 5) is 0. The summed E-state index contributed by atoms with van der Waals surface area (Å²) < 4.78 is 0. The molecule has 1 N–H and O–H groups in total. The van der Waals surface area contributed by atoms with Gasteiger partial charge in [-0.25, -0.2) is 0 Å². The van der Waals surface area contributed by atoms with Gasteiger partial charge < -0.3 is 5.32 Å². The molecule has 2 atom stereocenters. The molecule has 0 fully saturated rings. The maximum Gasteiger partial charge on any atom is 0.0104 e. The molecule has 90 valence electrons. The highest BCUT2D eigenvalue weighted by molar-refractivity contribution is 4.79. The lowest BCUT2D eigenvalue weighted by Gasteiger charge is -2.22. The molecule has 0 bridgehead atoms. The van der Waals surface area contributed by atoms with E-state index in [0.717, 1.165) is 18.9 Å². The molecule has 0 heterocycles. The van der Waals surface area contributed by atoms with E-state index in [1.54, 1.807) is 0 Å². The maximum absolute atomic E-state index is 3.84. The Bertz CT molecular complexity index is 142. The molecule has 0 saturated heterocycles. The van der Waals surface area contributed by atoms with Crippen LogP contribution in [0, 0.1) is 5.92 Å². The van der Waals surface area contributed by atoms with E-state index in [9.17, 15) is 0 Å². The van der Waals surface area contributed by atoms with Crippen molar-refractivity contribution in [1.82, 2.24) is 5.32 Å². The molecule has 0 aromatic carbocycles. The highest BCUT2D eigenvalue weighted by Gasteiger charge is 2.12. The lowest BCUT2D eigenvalue weighted by molar-refractivity contribution is 0.353. The van der Waals surface area contributed by atoms with Gasteiger partial charge in [0.1, 0.15) is 0 Å². The lowest BCUT2D eigenvalue weighted by atomic mass is 9.91. The Labute approximate surface area is 96.3 Å². The van der Waals surface area contributed by atoms with Crippen LogP contribution in [0.15, 0.2) is 12.7 Å². The summed E-state index contributed by atoms with van der Waals surface area (Å²) in [7, 11) is 0. The molecule has 2 unspecified atom stereocenters. The molecular weight excluding hydrogens is 182 g/mol. The van der Waals surface area contributed by atoms with Crippen LogP contribution in [0.2, 0.25) is 0 Å². The van der Waals surface area contributed by atoms with E-state index in [4.69, 9.17) is 0 Å². The van der Waals surface area contributed by atoms with E-state index in [0.29, 0.717) is 6.04 Å². The third kappa shape index (κ3) is 7.61. The first-order valence-corrected chi connectivity index (χ1v) is 6.62. The highest BCUT2D eigenvalue weighted by atomic mass is 14.9. The van der Waals surface area contributed by atoms with Crippen LogP contribution in [0.3, 0.4) is 0 Å². The van der Waals surface area contributed by atoms with Crippen molar-refractivity contribution in [3.05, 3.63) is 12.7 Å². The molecule has 0 aliphatic heterocycles. The molecule has 0 amide bonds. The molecule has 0 aromatic rings. The van der Waals surface area contributed by atoms with E-state index in [2.05, 4.69) is 32.7 Å². The number of nitrogens with one attached hydrogen (secondary N) is 1. The summed E-state index contributed by atoms with van der Waals surface area (Å²) in [5.41, 5.74) is 0. The van der Waals surface area contributed by atoms with Crippen molar-refractivity contribution in [2.75, 3.05) is 6.54 Å². The zero-order chi connectivity index (χ0) is 11.5. The Morgan fingerprint density at radius 1 is 1.27 bits per heavy atom. The Morgan fingerprint density at radius 2 is 2.00 bits per heavy atom. The number of unbranched alkanes of at least 4 members (excludes halogenated alkanes) is 1. The number of hydrogen-bond acceptors (Lipinski definition) is 1. The second-order valence-corrected chi connectivity index (χ2v) is 4.43. The first-order valence-electron chi connectivity index (χ1n) is 6.62. The van der Waals surface area contributed by atoms with E-state index in [1.165, 1.54) is 32.1 Å². The monoisotopic (exact) mass is 211 g/mol. The minimum absolute atomic E-state index is 0.648. The maximum atomic E-state index is 3.84. The van der Waals surface area contributed by atoms with Crippen molar-refractivity contribution in [2.45, 2.75) is 65.3 Å². The predicted molar refractivity (Wildman–Crippen MR) is 70.2 cm³/mol. The third-order valence-electron chi connectivity index (χ3n) is 3.11. The van der Waals surface area contributed by atoms with E-state index >= 15 is 0 Å².